The van der Waals surface area contributed by atoms with Gasteiger partial charge in [0.1, 0.15) is 0 Å². The molecule has 2 atom stereocenters. The van der Waals surface area contributed by atoms with Crippen LogP contribution in [0, 0.1) is 11.8 Å². The summed E-state index contributed by atoms with van der Waals surface area (Å²) in [5, 5.41) is 10.5. The molecule has 3 aliphatic rings. The number of hydrogen-bond donors (Lipinski definition) is 1. The summed E-state index contributed by atoms with van der Waals surface area (Å²) in [4.78, 5) is 2.47. The van der Waals surface area contributed by atoms with Crippen LogP contribution in [-0.2, 0) is 16.0 Å². The normalized spacial score (nSPS) is 35.2. The summed E-state index contributed by atoms with van der Waals surface area (Å²) in [6, 6.07) is 10.6. The van der Waals surface area contributed by atoms with Gasteiger partial charge in [-0.15, -0.1) is 0 Å². The minimum Gasteiger partial charge on any atom is -0.392 e. The third kappa shape index (κ3) is 2.61. The van der Waals surface area contributed by atoms with Crippen LogP contribution in [0.4, 0.5) is 0 Å². The topological polar surface area (TPSA) is 41.9 Å². The highest BCUT2D eigenvalue weighted by molar-refractivity contribution is 5.15. The highest BCUT2D eigenvalue weighted by atomic mass is 16.7. The predicted octanol–water partition coefficient (Wildman–Crippen LogP) is 1.63. The lowest BCUT2D eigenvalue weighted by Gasteiger charge is -2.50. The standard InChI is InChI=1S/C17H23NO3/c19-16-14-8-17(20-6-7-21-17)9-15(16)12-18(11-14)10-13-4-2-1-3-5-13/h1-5,14-16,19H,6-12H2. The van der Waals surface area contributed by atoms with Gasteiger partial charge in [0.25, 0.3) is 0 Å². The van der Waals surface area contributed by atoms with E-state index in [-0.39, 0.29) is 17.9 Å². The quantitative estimate of drug-likeness (QED) is 0.898. The van der Waals surface area contributed by atoms with Gasteiger partial charge in [-0.1, -0.05) is 30.3 Å². The van der Waals surface area contributed by atoms with Crippen molar-refractivity contribution in [2.75, 3.05) is 26.3 Å². The summed E-state index contributed by atoms with van der Waals surface area (Å²) in [6.45, 7) is 4.23. The minimum absolute atomic E-state index is 0.199. The number of benzene rings is 1. The van der Waals surface area contributed by atoms with Crippen LogP contribution in [0.25, 0.3) is 0 Å². The molecule has 114 valence electrons. The van der Waals surface area contributed by atoms with Crippen molar-refractivity contribution in [3.8, 4) is 0 Å². The zero-order valence-corrected chi connectivity index (χ0v) is 12.3. The van der Waals surface area contributed by atoms with Crippen LogP contribution in [-0.4, -0.2) is 48.2 Å². The van der Waals surface area contributed by atoms with E-state index in [1.807, 2.05) is 0 Å². The molecule has 3 fully saturated rings. The van der Waals surface area contributed by atoms with Crippen LogP contribution in [0.1, 0.15) is 18.4 Å². The lowest BCUT2D eigenvalue weighted by Crippen LogP contribution is -2.57. The summed E-state index contributed by atoms with van der Waals surface area (Å²) in [5.41, 5.74) is 1.34. The molecule has 2 heterocycles. The molecule has 4 heteroatoms. The summed E-state index contributed by atoms with van der Waals surface area (Å²) in [5.74, 6) is 0.131. The largest absolute Gasteiger partial charge is 0.392 e. The van der Waals surface area contributed by atoms with E-state index in [4.69, 9.17) is 9.47 Å². The van der Waals surface area contributed by atoms with Crippen molar-refractivity contribution < 1.29 is 14.6 Å². The van der Waals surface area contributed by atoms with Crippen LogP contribution < -0.4 is 0 Å². The van der Waals surface area contributed by atoms with Gasteiger partial charge in [0, 0.05) is 44.3 Å². The highest BCUT2D eigenvalue weighted by Gasteiger charge is 2.51. The molecule has 2 saturated heterocycles. The molecule has 1 spiro atoms. The fourth-order valence-electron chi connectivity index (χ4n) is 4.30. The van der Waals surface area contributed by atoms with E-state index in [0.717, 1.165) is 32.5 Å². The zero-order valence-electron chi connectivity index (χ0n) is 12.3. The Morgan fingerprint density at radius 1 is 1.05 bits per heavy atom. The molecule has 0 amide bonds. The van der Waals surface area contributed by atoms with E-state index >= 15 is 0 Å². The molecule has 1 saturated carbocycles. The Bertz CT molecular complexity index is 468. The second-order valence-electron chi connectivity index (χ2n) is 6.71. The number of likely N-dealkylation sites (tertiary alicyclic amines) is 1. The van der Waals surface area contributed by atoms with Crippen LogP contribution in [0.3, 0.4) is 0 Å². The number of aliphatic hydroxyl groups excluding tert-OH is 1. The summed E-state index contributed by atoms with van der Waals surface area (Å²) in [6.07, 6.45) is 1.46. The van der Waals surface area contributed by atoms with Crippen molar-refractivity contribution >= 4 is 0 Å². The lowest BCUT2D eigenvalue weighted by molar-refractivity contribution is -0.231. The van der Waals surface area contributed by atoms with Gasteiger partial charge in [0.2, 0.25) is 0 Å². The first-order valence-electron chi connectivity index (χ1n) is 7.96. The van der Waals surface area contributed by atoms with Crippen molar-refractivity contribution in [1.29, 1.82) is 0 Å². The Kier molecular flexibility index (Phi) is 3.50. The third-order valence-corrected chi connectivity index (χ3v) is 5.16. The number of piperidine rings is 1. The first-order chi connectivity index (χ1) is 10.2. The van der Waals surface area contributed by atoms with Gasteiger partial charge in [0.15, 0.2) is 5.79 Å². The molecule has 2 unspecified atom stereocenters. The number of ether oxygens (including phenoxy) is 2. The van der Waals surface area contributed by atoms with Gasteiger partial charge < -0.3 is 14.6 Å². The van der Waals surface area contributed by atoms with Crippen molar-refractivity contribution in [3.05, 3.63) is 35.9 Å². The van der Waals surface area contributed by atoms with Crippen LogP contribution >= 0.6 is 0 Å². The summed E-state index contributed by atoms with van der Waals surface area (Å²) in [7, 11) is 0. The van der Waals surface area contributed by atoms with Gasteiger partial charge in [-0.05, 0) is 5.56 Å². The Labute approximate surface area is 125 Å². The van der Waals surface area contributed by atoms with Crippen molar-refractivity contribution in [2.24, 2.45) is 11.8 Å². The second-order valence-corrected chi connectivity index (χ2v) is 6.71. The Hall–Kier alpha value is -0.940. The maximum Gasteiger partial charge on any atom is 0.169 e. The molecule has 2 aliphatic heterocycles. The van der Waals surface area contributed by atoms with Crippen LogP contribution in [0.5, 0.6) is 0 Å². The number of aliphatic hydroxyl groups is 1. The van der Waals surface area contributed by atoms with Crippen molar-refractivity contribution in [3.63, 3.8) is 0 Å². The Balaban J connectivity index is 1.46. The van der Waals surface area contributed by atoms with Gasteiger partial charge in [-0.25, -0.2) is 0 Å². The lowest BCUT2D eigenvalue weighted by atomic mass is 9.72. The molecule has 1 aliphatic carbocycles. The van der Waals surface area contributed by atoms with E-state index < -0.39 is 5.79 Å². The summed E-state index contributed by atoms with van der Waals surface area (Å²) >= 11 is 0. The third-order valence-electron chi connectivity index (χ3n) is 5.16. The Morgan fingerprint density at radius 2 is 1.67 bits per heavy atom. The maximum atomic E-state index is 10.5. The number of rotatable bonds is 2. The Morgan fingerprint density at radius 3 is 2.29 bits per heavy atom. The van der Waals surface area contributed by atoms with E-state index in [9.17, 15) is 5.11 Å². The van der Waals surface area contributed by atoms with Gasteiger partial charge in [-0.3, -0.25) is 4.90 Å². The minimum atomic E-state index is -0.395. The van der Waals surface area contributed by atoms with E-state index in [0.29, 0.717) is 13.2 Å². The maximum absolute atomic E-state index is 10.5. The number of hydrogen-bond acceptors (Lipinski definition) is 4. The fourth-order valence-corrected chi connectivity index (χ4v) is 4.30. The summed E-state index contributed by atoms with van der Waals surface area (Å²) < 4.78 is 11.7. The fraction of sp³-hybridized carbons (Fsp3) is 0.647. The van der Waals surface area contributed by atoms with Gasteiger partial charge in [0.05, 0.1) is 19.3 Å². The molecule has 0 radical (unpaired) electrons. The molecular formula is C17H23NO3. The SMILES string of the molecule is OC1C2CN(Cc3ccccc3)CC1CC1(C2)OCCO1. The van der Waals surface area contributed by atoms with E-state index in [2.05, 4.69) is 35.2 Å². The van der Waals surface area contributed by atoms with Crippen molar-refractivity contribution in [2.45, 2.75) is 31.3 Å². The molecule has 1 aromatic carbocycles. The molecule has 4 nitrogen and oxygen atoms in total. The highest BCUT2D eigenvalue weighted by Crippen LogP contribution is 2.44. The molecule has 2 bridgehead atoms. The average Bonchev–Trinajstić information content (AvgIpc) is 2.91. The first-order valence-corrected chi connectivity index (χ1v) is 7.96. The zero-order chi connectivity index (χ0) is 14.3. The predicted molar refractivity (Wildman–Crippen MR) is 78.6 cm³/mol. The average molecular weight is 289 g/mol. The van der Waals surface area contributed by atoms with Crippen LogP contribution in [0.2, 0.25) is 0 Å². The van der Waals surface area contributed by atoms with Crippen LogP contribution in [0.15, 0.2) is 30.3 Å². The smallest absolute Gasteiger partial charge is 0.169 e. The molecule has 0 aromatic heterocycles. The van der Waals surface area contributed by atoms with E-state index in [1.165, 1.54) is 5.56 Å². The monoisotopic (exact) mass is 289 g/mol. The molecular weight excluding hydrogens is 266 g/mol. The molecule has 4 rings (SSSR count). The van der Waals surface area contributed by atoms with Gasteiger partial charge >= 0.3 is 0 Å². The van der Waals surface area contributed by atoms with Gasteiger partial charge in [-0.2, -0.15) is 0 Å². The number of fused-ring (bicyclic) bond motifs is 2. The molecule has 1 N–H and O–H groups in total. The molecule has 1 aromatic rings. The second kappa shape index (κ2) is 5.36. The molecule has 21 heavy (non-hydrogen) atoms. The number of nitrogens with zero attached hydrogens (tertiary/aromatic N) is 1. The van der Waals surface area contributed by atoms with Crippen molar-refractivity contribution in [1.82, 2.24) is 4.90 Å². The van der Waals surface area contributed by atoms with E-state index in [1.54, 1.807) is 0 Å². The first kappa shape index (κ1) is 13.7.